The molecule has 3 aromatic rings. The van der Waals surface area contributed by atoms with Gasteiger partial charge in [-0.2, -0.15) is 0 Å². The molecule has 34 heavy (non-hydrogen) atoms. The van der Waals surface area contributed by atoms with E-state index in [1.165, 1.54) is 0 Å². The van der Waals surface area contributed by atoms with Gasteiger partial charge in [0.2, 0.25) is 5.91 Å². The highest BCUT2D eigenvalue weighted by molar-refractivity contribution is 6.02. The summed E-state index contributed by atoms with van der Waals surface area (Å²) in [5, 5.41) is 5.15. The van der Waals surface area contributed by atoms with Crippen molar-refractivity contribution in [1.29, 1.82) is 0 Å². The molecular weight excluding hydrogens is 430 g/mol. The Morgan fingerprint density at radius 2 is 1.79 bits per heavy atom. The summed E-state index contributed by atoms with van der Waals surface area (Å²) in [5.74, 6) is 0.796. The number of esters is 1. The molecule has 0 aliphatic carbocycles. The van der Waals surface area contributed by atoms with Crippen LogP contribution in [0.4, 0.5) is 5.69 Å². The molecule has 0 spiro atoms. The molecular formula is C28H29NO5. The van der Waals surface area contributed by atoms with Crippen molar-refractivity contribution in [2.45, 2.75) is 39.7 Å². The molecule has 1 amide bonds. The summed E-state index contributed by atoms with van der Waals surface area (Å²) >= 11 is 0. The van der Waals surface area contributed by atoms with E-state index in [-0.39, 0.29) is 18.5 Å². The molecule has 0 radical (unpaired) electrons. The first-order valence-electron chi connectivity index (χ1n) is 11.3. The van der Waals surface area contributed by atoms with E-state index in [9.17, 15) is 9.59 Å². The third kappa shape index (κ3) is 4.49. The second kappa shape index (κ2) is 10.00. The van der Waals surface area contributed by atoms with Gasteiger partial charge in [-0.15, -0.1) is 0 Å². The van der Waals surface area contributed by atoms with Gasteiger partial charge in [-0.1, -0.05) is 48.0 Å². The average molecular weight is 460 g/mol. The fourth-order valence-electron chi connectivity index (χ4n) is 4.47. The third-order valence-corrected chi connectivity index (χ3v) is 6.30. The number of allylic oxidation sites excluding steroid dienone is 2. The van der Waals surface area contributed by atoms with Crippen molar-refractivity contribution in [3.8, 4) is 11.5 Å². The maximum Gasteiger partial charge on any atom is 0.342 e. The van der Waals surface area contributed by atoms with Crippen LogP contribution in [0.1, 0.15) is 46.8 Å². The van der Waals surface area contributed by atoms with Gasteiger partial charge >= 0.3 is 5.97 Å². The highest BCUT2D eigenvalue weighted by Crippen LogP contribution is 2.42. The second-order valence-electron chi connectivity index (χ2n) is 8.43. The van der Waals surface area contributed by atoms with E-state index >= 15 is 0 Å². The number of carbonyl (C=O) groups excluding carboxylic acids is 2. The molecule has 1 heterocycles. The Bertz CT molecular complexity index is 1290. The monoisotopic (exact) mass is 459 g/mol. The number of amides is 1. The molecule has 6 heteroatoms. The first-order chi connectivity index (χ1) is 16.4. The van der Waals surface area contributed by atoms with Crippen molar-refractivity contribution < 1.29 is 23.8 Å². The summed E-state index contributed by atoms with van der Waals surface area (Å²) < 4.78 is 16.5. The van der Waals surface area contributed by atoms with E-state index in [4.69, 9.17) is 14.2 Å². The van der Waals surface area contributed by atoms with Crippen LogP contribution in [0.5, 0.6) is 11.5 Å². The van der Waals surface area contributed by atoms with Gasteiger partial charge in [-0.05, 0) is 43.7 Å². The number of rotatable bonds is 8. The van der Waals surface area contributed by atoms with Gasteiger partial charge in [0.15, 0.2) is 0 Å². The number of ether oxygens (including phenoxy) is 3. The lowest BCUT2D eigenvalue weighted by atomic mass is 9.94. The number of fused-ring (bicyclic) bond motifs is 2. The molecule has 0 atom stereocenters. The second-order valence-corrected chi connectivity index (χ2v) is 8.43. The van der Waals surface area contributed by atoms with Crippen molar-refractivity contribution in [1.82, 2.24) is 0 Å². The predicted octanol–water partition coefficient (Wildman–Crippen LogP) is 5.74. The maximum atomic E-state index is 12.6. The minimum Gasteiger partial charge on any atom is -0.496 e. The summed E-state index contributed by atoms with van der Waals surface area (Å²) in [7, 11) is 3.16. The number of benzene rings is 3. The zero-order chi connectivity index (χ0) is 24.2. The first kappa shape index (κ1) is 23.4. The molecule has 1 N–H and O–H groups in total. The minimum absolute atomic E-state index is 0.0321. The SMILES string of the molecule is COc1c(C)c2c(c(OC)c1C/C=C(\C)CCC(=O)Nc1cccc3ccccc13)C(=O)OC2. The number of nitrogens with one attached hydrogen (secondary N) is 1. The molecule has 6 nitrogen and oxygen atoms in total. The van der Waals surface area contributed by atoms with Crippen LogP contribution in [0.3, 0.4) is 0 Å². The van der Waals surface area contributed by atoms with Crippen molar-refractivity contribution in [3.63, 3.8) is 0 Å². The maximum absolute atomic E-state index is 12.6. The fraction of sp³-hybridized carbons (Fsp3) is 0.286. The Labute approximate surface area is 199 Å². The quantitative estimate of drug-likeness (QED) is 0.343. The largest absolute Gasteiger partial charge is 0.496 e. The summed E-state index contributed by atoms with van der Waals surface area (Å²) in [6, 6.07) is 13.9. The van der Waals surface area contributed by atoms with Gasteiger partial charge in [0.1, 0.15) is 23.7 Å². The van der Waals surface area contributed by atoms with Crippen molar-refractivity contribution in [3.05, 3.63) is 76.4 Å². The normalized spacial score (nSPS) is 12.9. The highest BCUT2D eigenvalue weighted by Gasteiger charge is 2.32. The van der Waals surface area contributed by atoms with Gasteiger partial charge in [-0.25, -0.2) is 4.79 Å². The number of anilines is 1. The van der Waals surface area contributed by atoms with E-state index in [1.54, 1.807) is 14.2 Å². The lowest BCUT2D eigenvalue weighted by molar-refractivity contribution is -0.116. The lowest BCUT2D eigenvalue weighted by Crippen LogP contribution is -2.11. The van der Waals surface area contributed by atoms with Crippen molar-refractivity contribution in [2.24, 2.45) is 0 Å². The Kier molecular flexibility index (Phi) is 6.87. The Morgan fingerprint density at radius 1 is 1.06 bits per heavy atom. The number of cyclic esters (lactones) is 1. The van der Waals surface area contributed by atoms with Crippen LogP contribution >= 0.6 is 0 Å². The van der Waals surface area contributed by atoms with E-state index < -0.39 is 0 Å². The topological polar surface area (TPSA) is 73.9 Å². The van der Waals surface area contributed by atoms with Gasteiger partial charge in [0, 0.05) is 28.6 Å². The molecule has 4 rings (SSSR count). The number of hydrogen-bond donors (Lipinski definition) is 1. The Morgan fingerprint density at radius 3 is 2.56 bits per heavy atom. The lowest BCUT2D eigenvalue weighted by Gasteiger charge is -2.18. The first-order valence-corrected chi connectivity index (χ1v) is 11.3. The Hall–Kier alpha value is -3.80. The van der Waals surface area contributed by atoms with Crippen LogP contribution < -0.4 is 14.8 Å². The number of carbonyl (C=O) groups is 2. The van der Waals surface area contributed by atoms with E-state index in [1.807, 2.05) is 56.3 Å². The highest BCUT2D eigenvalue weighted by atomic mass is 16.5. The molecule has 176 valence electrons. The van der Waals surface area contributed by atoms with Gasteiger partial charge in [-0.3, -0.25) is 4.79 Å². The van der Waals surface area contributed by atoms with E-state index in [0.717, 1.165) is 38.7 Å². The van der Waals surface area contributed by atoms with Crippen molar-refractivity contribution in [2.75, 3.05) is 19.5 Å². The predicted molar refractivity (Wildman–Crippen MR) is 133 cm³/mol. The molecule has 0 unspecified atom stereocenters. The summed E-state index contributed by atoms with van der Waals surface area (Å²) in [6.45, 7) is 4.16. The van der Waals surface area contributed by atoms with Crippen LogP contribution in [-0.4, -0.2) is 26.1 Å². The Balaban J connectivity index is 1.47. The van der Waals surface area contributed by atoms with Crippen LogP contribution in [0, 0.1) is 6.92 Å². The molecule has 1 aliphatic heterocycles. The molecule has 3 aromatic carbocycles. The average Bonchev–Trinajstić information content (AvgIpc) is 3.23. The molecule has 1 aliphatic rings. The van der Waals surface area contributed by atoms with Gasteiger partial charge < -0.3 is 19.5 Å². The summed E-state index contributed by atoms with van der Waals surface area (Å²) in [6.07, 6.45) is 3.56. The van der Waals surface area contributed by atoms with E-state index in [0.29, 0.717) is 36.3 Å². The van der Waals surface area contributed by atoms with E-state index in [2.05, 4.69) is 11.4 Å². The molecule has 0 bridgehead atoms. The summed E-state index contributed by atoms with van der Waals surface area (Å²) in [5.41, 5.74) is 4.88. The van der Waals surface area contributed by atoms with Gasteiger partial charge in [0.25, 0.3) is 0 Å². The number of hydrogen-bond acceptors (Lipinski definition) is 5. The van der Waals surface area contributed by atoms with Crippen LogP contribution in [-0.2, 0) is 22.6 Å². The third-order valence-electron chi connectivity index (χ3n) is 6.30. The molecule has 0 fully saturated rings. The zero-order valence-corrected chi connectivity index (χ0v) is 20.0. The zero-order valence-electron chi connectivity index (χ0n) is 20.0. The smallest absolute Gasteiger partial charge is 0.342 e. The summed E-state index contributed by atoms with van der Waals surface area (Å²) in [4.78, 5) is 24.9. The van der Waals surface area contributed by atoms with Crippen molar-refractivity contribution >= 4 is 28.3 Å². The fourth-order valence-corrected chi connectivity index (χ4v) is 4.47. The minimum atomic E-state index is -0.371. The van der Waals surface area contributed by atoms with Crippen LogP contribution in [0.2, 0.25) is 0 Å². The number of methoxy groups -OCH3 is 2. The van der Waals surface area contributed by atoms with Crippen LogP contribution in [0.25, 0.3) is 10.8 Å². The van der Waals surface area contributed by atoms with Gasteiger partial charge in [0.05, 0.1) is 14.2 Å². The standard InChI is InChI=1S/C28H29NO5/c1-17(13-15-24(30)29-23-11-7-9-19-8-5-6-10-20(19)23)12-14-21-26(32-3)18(2)22-16-34-28(31)25(22)27(21)33-4/h5-12H,13-16H2,1-4H3,(H,29,30)/b17-12+. The van der Waals surface area contributed by atoms with Crippen LogP contribution in [0.15, 0.2) is 54.1 Å². The molecule has 0 aromatic heterocycles. The molecule has 0 saturated carbocycles. The molecule has 0 saturated heterocycles.